The summed E-state index contributed by atoms with van der Waals surface area (Å²) in [5.74, 6) is 1.02. The minimum Gasteiger partial charge on any atom is -0.480 e. The maximum atomic E-state index is 13.6. The number of pyridine rings is 1. The van der Waals surface area contributed by atoms with Gasteiger partial charge < -0.3 is 14.4 Å². The van der Waals surface area contributed by atoms with Crippen LogP contribution in [-0.2, 0) is 30.7 Å². The summed E-state index contributed by atoms with van der Waals surface area (Å²) in [6.07, 6.45) is 1.99. The highest BCUT2D eigenvalue weighted by Gasteiger charge is 2.29. The van der Waals surface area contributed by atoms with Gasteiger partial charge in [-0.1, -0.05) is 66.5 Å². The van der Waals surface area contributed by atoms with E-state index in [1.165, 1.54) is 0 Å². The molecule has 49 heavy (non-hydrogen) atoms. The molecule has 256 valence electrons. The molecule has 2 aliphatic heterocycles. The largest absolute Gasteiger partial charge is 0.480 e. The molecule has 4 aromatic rings. The number of carbonyl (C=O) groups excluding carboxylic acids is 2. The lowest BCUT2D eigenvalue weighted by Gasteiger charge is -2.36. The second-order valence-corrected chi connectivity index (χ2v) is 14.7. The maximum Gasteiger partial charge on any atom is 0.410 e. The van der Waals surface area contributed by atoms with E-state index in [0.29, 0.717) is 76.0 Å². The zero-order chi connectivity index (χ0) is 35.0. The summed E-state index contributed by atoms with van der Waals surface area (Å²) in [6.45, 7) is 13.3. The average Bonchev–Trinajstić information content (AvgIpc) is 3.04. The van der Waals surface area contributed by atoms with E-state index in [0.717, 1.165) is 41.2 Å². The summed E-state index contributed by atoms with van der Waals surface area (Å²) in [5, 5.41) is 0.918. The number of amides is 1. The third-order valence-corrected chi connectivity index (χ3v) is 9.70. The van der Waals surface area contributed by atoms with Gasteiger partial charge in [0.1, 0.15) is 17.0 Å². The summed E-state index contributed by atoms with van der Waals surface area (Å²) in [7, 11) is 1.60. The van der Waals surface area contributed by atoms with Crippen LogP contribution in [0.5, 0.6) is 5.88 Å². The highest BCUT2D eigenvalue weighted by Crippen LogP contribution is 2.40. The van der Waals surface area contributed by atoms with Gasteiger partial charge in [-0.15, -0.1) is 0 Å². The number of hydrogen-bond donors (Lipinski definition) is 0. The number of nitrogens with zero attached hydrogens (tertiary/aromatic N) is 5. The molecule has 2 aromatic heterocycles. The van der Waals surface area contributed by atoms with Crippen LogP contribution in [0.3, 0.4) is 0 Å². The Labute approximate surface area is 297 Å². The number of fused-ring (bicyclic) bond motifs is 1. The van der Waals surface area contributed by atoms with Crippen LogP contribution in [0.2, 0.25) is 10.0 Å². The van der Waals surface area contributed by atoms with Gasteiger partial charge in [-0.25, -0.2) is 14.8 Å². The maximum absolute atomic E-state index is 13.6. The van der Waals surface area contributed by atoms with Crippen molar-refractivity contribution in [2.45, 2.75) is 66.2 Å². The highest BCUT2D eigenvalue weighted by molar-refractivity contribution is 6.38. The van der Waals surface area contributed by atoms with Gasteiger partial charge in [0, 0.05) is 61.4 Å². The van der Waals surface area contributed by atoms with Crippen molar-refractivity contribution in [2.75, 3.05) is 26.7 Å². The monoisotopic (exact) mass is 701 g/mol. The van der Waals surface area contributed by atoms with Crippen LogP contribution in [-0.4, -0.2) is 69.0 Å². The smallest absolute Gasteiger partial charge is 0.410 e. The molecule has 0 N–H and O–H groups in total. The van der Waals surface area contributed by atoms with Gasteiger partial charge in [0.05, 0.1) is 35.6 Å². The van der Waals surface area contributed by atoms with Gasteiger partial charge in [-0.05, 0) is 56.4 Å². The molecule has 1 amide bonds. The molecule has 9 nitrogen and oxygen atoms in total. The van der Waals surface area contributed by atoms with Crippen LogP contribution >= 0.6 is 23.2 Å². The molecular formula is C38H41Cl2N5O4. The van der Waals surface area contributed by atoms with E-state index in [-0.39, 0.29) is 18.3 Å². The van der Waals surface area contributed by atoms with Gasteiger partial charge in [0.25, 0.3) is 0 Å². The second-order valence-electron chi connectivity index (χ2n) is 14.0. The second kappa shape index (κ2) is 14.1. The Balaban J connectivity index is 1.21. The van der Waals surface area contributed by atoms with Crippen molar-refractivity contribution in [1.82, 2.24) is 24.8 Å². The Morgan fingerprint density at radius 2 is 1.69 bits per heavy atom. The van der Waals surface area contributed by atoms with E-state index in [9.17, 15) is 9.59 Å². The van der Waals surface area contributed by atoms with Gasteiger partial charge >= 0.3 is 6.09 Å². The van der Waals surface area contributed by atoms with Crippen LogP contribution in [0.1, 0.15) is 66.3 Å². The average molecular weight is 703 g/mol. The lowest BCUT2D eigenvalue weighted by molar-refractivity contribution is 0.0222. The first-order valence-corrected chi connectivity index (χ1v) is 17.3. The molecule has 0 aliphatic carbocycles. The molecule has 2 aromatic carbocycles. The van der Waals surface area contributed by atoms with Crippen molar-refractivity contribution < 1.29 is 19.1 Å². The number of rotatable bonds is 8. The summed E-state index contributed by atoms with van der Waals surface area (Å²) >= 11 is 14.0. The number of aromatic nitrogens is 3. The SMILES string of the molecule is COc1nc(-c2cccc(-c3cccc(CC(=O)c4cc(C)c5c(n4)CCN(C(=O)OC(C)(C)C)C5)c3Cl)c2Cl)cnc1CN1CC(C)C1. The number of halogens is 2. The number of ether oxygens (including phenoxy) is 2. The number of aryl methyl sites for hydroxylation is 1. The van der Waals surface area contributed by atoms with Gasteiger partial charge in [-0.3, -0.25) is 14.7 Å². The Morgan fingerprint density at radius 1 is 1.00 bits per heavy atom. The number of likely N-dealkylation sites (tertiary alicyclic amines) is 1. The Bertz CT molecular complexity index is 1920. The minimum absolute atomic E-state index is 0.0686. The molecule has 4 heterocycles. The number of Topliss-reactive ketones (excluding diaryl/α,β-unsaturated/α-hetero) is 1. The van der Waals surface area contributed by atoms with E-state index in [1.807, 2.05) is 64.1 Å². The molecule has 1 fully saturated rings. The van der Waals surface area contributed by atoms with E-state index < -0.39 is 5.60 Å². The predicted octanol–water partition coefficient (Wildman–Crippen LogP) is 8.00. The quantitative estimate of drug-likeness (QED) is 0.171. The van der Waals surface area contributed by atoms with Crippen molar-refractivity contribution in [3.63, 3.8) is 0 Å². The van der Waals surface area contributed by atoms with Crippen molar-refractivity contribution in [2.24, 2.45) is 5.92 Å². The first kappa shape index (κ1) is 34.8. The van der Waals surface area contributed by atoms with Crippen LogP contribution in [0, 0.1) is 12.8 Å². The fourth-order valence-corrected chi connectivity index (χ4v) is 7.04. The summed E-state index contributed by atoms with van der Waals surface area (Å²) < 4.78 is 11.2. The summed E-state index contributed by atoms with van der Waals surface area (Å²) in [6, 6.07) is 13.1. The molecule has 0 spiro atoms. The van der Waals surface area contributed by atoms with Crippen molar-refractivity contribution in [3.05, 3.63) is 92.5 Å². The van der Waals surface area contributed by atoms with E-state index in [1.54, 1.807) is 24.3 Å². The topological polar surface area (TPSA) is 97.8 Å². The standard InChI is InChI=1S/C38H41Cl2N5O4/c1-22-18-44(19-22)21-32-36(48-6)43-31(17-41-32)27-12-8-11-26(35(27)40)25-10-7-9-24(34(25)39)16-33(46)30-15-23(2)28-20-45(14-13-29(28)42-30)37(47)49-38(3,4)5/h7-12,15,17,22H,13-14,16,18-21H2,1-6H3. The third-order valence-electron chi connectivity index (χ3n) is 8.85. The van der Waals surface area contributed by atoms with Crippen molar-refractivity contribution >= 4 is 35.1 Å². The molecule has 0 saturated carbocycles. The molecular weight excluding hydrogens is 661 g/mol. The zero-order valence-corrected chi connectivity index (χ0v) is 30.3. The predicted molar refractivity (Wildman–Crippen MR) is 191 cm³/mol. The normalized spacial score (nSPS) is 15.1. The minimum atomic E-state index is -0.574. The molecule has 0 atom stereocenters. The van der Waals surface area contributed by atoms with Gasteiger partial charge in [0.2, 0.25) is 5.88 Å². The molecule has 1 saturated heterocycles. The van der Waals surface area contributed by atoms with Gasteiger partial charge in [0.15, 0.2) is 5.78 Å². The Hall–Kier alpha value is -4.05. The lowest BCUT2D eigenvalue weighted by Crippen LogP contribution is -2.44. The number of methoxy groups -OCH3 is 1. The molecule has 0 bridgehead atoms. The number of hydrogen-bond acceptors (Lipinski definition) is 8. The summed E-state index contributed by atoms with van der Waals surface area (Å²) in [4.78, 5) is 44.5. The fourth-order valence-electron chi connectivity index (χ4n) is 6.42. The van der Waals surface area contributed by atoms with Gasteiger partial charge in [-0.2, -0.15) is 0 Å². The number of benzene rings is 2. The molecule has 0 radical (unpaired) electrons. The number of carbonyl (C=O) groups is 2. The number of ketones is 1. The Kier molecular flexibility index (Phi) is 9.98. The molecule has 0 unspecified atom stereocenters. The van der Waals surface area contributed by atoms with E-state index in [2.05, 4.69) is 16.8 Å². The molecule has 11 heteroatoms. The lowest BCUT2D eigenvalue weighted by atomic mass is 9.96. The van der Waals surface area contributed by atoms with Crippen molar-refractivity contribution in [3.8, 4) is 28.3 Å². The zero-order valence-electron chi connectivity index (χ0n) is 28.8. The van der Waals surface area contributed by atoms with Crippen LogP contribution in [0.15, 0.2) is 48.7 Å². The van der Waals surface area contributed by atoms with Crippen LogP contribution < -0.4 is 4.74 Å². The highest BCUT2D eigenvalue weighted by atomic mass is 35.5. The van der Waals surface area contributed by atoms with E-state index in [4.69, 9.17) is 42.6 Å². The first-order chi connectivity index (χ1) is 23.3. The van der Waals surface area contributed by atoms with Crippen molar-refractivity contribution in [1.29, 1.82) is 0 Å². The molecule has 2 aliphatic rings. The fraction of sp³-hybridized carbons (Fsp3) is 0.395. The van der Waals surface area contributed by atoms with Crippen LogP contribution in [0.25, 0.3) is 22.4 Å². The summed E-state index contributed by atoms with van der Waals surface area (Å²) in [5.41, 5.74) is 6.67. The molecule has 6 rings (SSSR count). The first-order valence-electron chi connectivity index (χ1n) is 16.5. The van der Waals surface area contributed by atoms with Crippen LogP contribution in [0.4, 0.5) is 4.79 Å². The van der Waals surface area contributed by atoms with E-state index >= 15 is 0 Å². The third kappa shape index (κ3) is 7.59. The Morgan fingerprint density at radius 3 is 2.39 bits per heavy atom.